The topological polar surface area (TPSA) is 39.2 Å². The van der Waals surface area contributed by atoms with E-state index in [1.807, 2.05) is 25.1 Å². The maximum atomic E-state index is 11.6. The first-order valence-corrected chi connectivity index (χ1v) is 6.39. The molecule has 3 aromatic rings. The zero-order chi connectivity index (χ0) is 12.7. The first kappa shape index (κ1) is 11.2. The summed E-state index contributed by atoms with van der Waals surface area (Å²) in [5, 5.41) is 1.09. The third-order valence-electron chi connectivity index (χ3n) is 2.91. The number of thiophene rings is 1. The van der Waals surface area contributed by atoms with E-state index in [-0.39, 0.29) is 0 Å². The van der Waals surface area contributed by atoms with E-state index in [1.54, 1.807) is 17.4 Å². The van der Waals surface area contributed by atoms with Gasteiger partial charge in [-0.2, -0.15) is 0 Å². The van der Waals surface area contributed by atoms with E-state index >= 15 is 0 Å². The van der Waals surface area contributed by atoms with Crippen LogP contribution in [0.15, 0.2) is 30.3 Å². The molecule has 0 aliphatic heterocycles. The van der Waals surface area contributed by atoms with Crippen molar-refractivity contribution in [3.05, 3.63) is 41.6 Å². The maximum absolute atomic E-state index is 11.6. The highest BCUT2D eigenvalue weighted by atomic mass is 32.1. The number of aryl methyl sites for hydroxylation is 1. The summed E-state index contributed by atoms with van der Waals surface area (Å²) in [5.41, 5.74) is 2.31. The lowest BCUT2D eigenvalue weighted by Crippen LogP contribution is -2.04. The molecule has 0 spiro atoms. The Bertz CT molecular complexity index is 761. The Balaban J connectivity index is 2.40. The number of aromatic nitrogens is 1. The molecule has 0 aliphatic carbocycles. The zero-order valence-electron chi connectivity index (χ0n) is 10.1. The molecule has 1 aromatic carbocycles. The van der Waals surface area contributed by atoms with Crippen molar-refractivity contribution in [1.29, 1.82) is 0 Å². The summed E-state index contributed by atoms with van der Waals surface area (Å²) in [6, 6.07) is 9.87. The number of methoxy groups -OCH3 is 1. The monoisotopic (exact) mass is 257 g/mol. The van der Waals surface area contributed by atoms with Crippen LogP contribution in [0.2, 0.25) is 0 Å². The van der Waals surface area contributed by atoms with Crippen molar-refractivity contribution in [2.24, 2.45) is 0 Å². The van der Waals surface area contributed by atoms with E-state index in [0.717, 1.165) is 21.2 Å². The molecule has 0 N–H and O–H groups in total. The number of esters is 1. The van der Waals surface area contributed by atoms with Crippen LogP contribution in [0.1, 0.15) is 16.1 Å². The van der Waals surface area contributed by atoms with Crippen molar-refractivity contribution in [1.82, 2.24) is 4.98 Å². The van der Waals surface area contributed by atoms with Gasteiger partial charge in [0.05, 0.1) is 17.3 Å². The number of benzene rings is 1. The standard InChI is InChI=1S/C14H11NO2S/c1-8-7-10(14(16)17-2)15-12-9-5-3-4-6-11(9)18-13(8)12/h3-7H,1-2H3. The van der Waals surface area contributed by atoms with E-state index in [0.29, 0.717) is 5.69 Å². The van der Waals surface area contributed by atoms with E-state index in [2.05, 4.69) is 11.1 Å². The van der Waals surface area contributed by atoms with E-state index in [4.69, 9.17) is 4.74 Å². The largest absolute Gasteiger partial charge is 0.464 e. The molecule has 0 saturated carbocycles. The molecule has 0 fully saturated rings. The normalized spacial score (nSPS) is 11.0. The Kier molecular flexibility index (Phi) is 2.52. The van der Waals surface area contributed by atoms with Crippen molar-refractivity contribution >= 4 is 37.6 Å². The number of pyridine rings is 1. The van der Waals surface area contributed by atoms with Crippen LogP contribution in [-0.4, -0.2) is 18.1 Å². The number of carbonyl (C=O) groups is 1. The van der Waals surface area contributed by atoms with Crippen molar-refractivity contribution in [3.63, 3.8) is 0 Å². The smallest absolute Gasteiger partial charge is 0.356 e. The predicted octanol–water partition coefficient (Wildman–Crippen LogP) is 3.54. The van der Waals surface area contributed by atoms with Gasteiger partial charge in [-0.25, -0.2) is 9.78 Å². The molecular weight excluding hydrogens is 246 g/mol. The molecule has 0 radical (unpaired) electrons. The lowest BCUT2D eigenvalue weighted by atomic mass is 10.2. The van der Waals surface area contributed by atoms with E-state index < -0.39 is 5.97 Å². The molecule has 2 aromatic heterocycles. The third-order valence-corrected chi connectivity index (χ3v) is 4.20. The molecule has 0 aliphatic rings. The Morgan fingerprint density at radius 1 is 1.33 bits per heavy atom. The predicted molar refractivity (Wildman–Crippen MR) is 73.2 cm³/mol. The van der Waals surface area contributed by atoms with Crippen LogP contribution in [0.4, 0.5) is 0 Å². The van der Waals surface area contributed by atoms with Crippen LogP contribution in [0.3, 0.4) is 0 Å². The van der Waals surface area contributed by atoms with E-state index in [9.17, 15) is 4.79 Å². The molecule has 3 rings (SSSR count). The highest BCUT2D eigenvalue weighted by molar-refractivity contribution is 7.25. The van der Waals surface area contributed by atoms with Crippen molar-refractivity contribution < 1.29 is 9.53 Å². The Labute approximate surface area is 108 Å². The molecule has 0 atom stereocenters. The van der Waals surface area contributed by atoms with Gasteiger partial charge >= 0.3 is 5.97 Å². The maximum Gasteiger partial charge on any atom is 0.356 e. The average molecular weight is 257 g/mol. The summed E-state index contributed by atoms with van der Waals surface area (Å²) in [5.74, 6) is -0.393. The van der Waals surface area contributed by atoms with Crippen LogP contribution < -0.4 is 0 Å². The minimum atomic E-state index is -0.393. The van der Waals surface area contributed by atoms with Gasteiger partial charge < -0.3 is 4.74 Å². The van der Waals surface area contributed by atoms with Crippen LogP contribution in [-0.2, 0) is 4.74 Å². The van der Waals surface area contributed by atoms with Crippen LogP contribution >= 0.6 is 11.3 Å². The fourth-order valence-electron chi connectivity index (χ4n) is 2.04. The molecule has 90 valence electrons. The highest BCUT2D eigenvalue weighted by Crippen LogP contribution is 2.34. The summed E-state index contributed by atoms with van der Waals surface area (Å²) < 4.78 is 7.04. The van der Waals surface area contributed by atoms with Gasteiger partial charge in [-0.15, -0.1) is 11.3 Å². The SMILES string of the molecule is COC(=O)c1cc(C)c2sc3ccccc3c2n1. The number of rotatable bonds is 1. The van der Waals surface area contributed by atoms with Crippen LogP contribution in [0.25, 0.3) is 20.3 Å². The summed E-state index contributed by atoms with van der Waals surface area (Å²) in [4.78, 5) is 16.0. The molecular formula is C14H11NO2S. The molecule has 0 amide bonds. The molecule has 2 heterocycles. The number of fused-ring (bicyclic) bond motifs is 3. The van der Waals surface area contributed by atoms with Crippen LogP contribution in [0, 0.1) is 6.92 Å². The lowest BCUT2D eigenvalue weighted by molar-refractivity contribution is 0.0594. The van der Waals surface area contributed by atoms with Gasteiger partial charge in [0.2, 0.25) is 0 Å². The van der Waals surface area contributed by atoms with Crippen molar-refractivity contribution in [2.75, 3.05) is 7.11 Å². The molecule has 0 bridgehead atoms. The number of ether oxygens (including phenoxy) is 1. The number of nitrogens with zero attached hydrogens (tertiary/aromatic N) is 1. The van der Waals surface area contributed by atoms with Crippen LogP contribution in [0.5, 0.6) is 0 Å². The fraction of sp³-hybridized carbons (Fsp3) is 0.143. The van der Waals surface area contributed by atoms with Gasteiger partial charge in [0.25, 0.3) is 0 Å². The quantitative estimate of drug-likeness (QED) is 0.626. The van der Waals surface area contributed by atoms with Gasteiger partial charge in [-0.1, -0.05) is 18.2 Å². The summed E-state index contributed by atoms with van der Waals surface area (Å²) in [7, 11) is 1.37. The van der Waals surface area contributed by atoms with E-state index in [1.165, 1.54) is 11.8 Å². The zero-order valence-corrected chi connectivity index (χ0v) is 10.9. The minimum absolute atomic E-state index is 0.367. The second-order valence-electron chi connectivity index (χ2n) is 4.09. The summed E-state index contributed by atoms with van der Waals surface area (Å²) >= 11 is 1.70. The molecule has 0 saturated heterocycles. The minimum Gasteiger partial charge on any atom is -0.464 e. The van der Waals surface area contributed by atoms with Gasteiger partial charge in [0.1, 0.15) is 5.69 Å². The third kappa shape index (κ3) is 1.57. The number of hydrogen-bond donors (Lipinski definition) is 0. The summed E-state index contributed by atoms with van der Waals surface area (Å²) in [6.07, 6.45) is 0. The van der Waals surface area contributed by atoms with Gasteiger partial charge in [0.15, 0.2) is 0 Å². The van der Waals surface area contributed by atoms with Crippen molar-refractivity contribution in [3.8, 4) is 0 Å². The Hall–Kier alpha value is -1.94. The Morgan fingerprint density at radius 3 is 2.89 bits per heavy atom. The molecule has 3 nitrogen and oxygen atoms in total. The highest BCUT2D eigenvalue weighted by Gasteiger charge is 2.14. The number of hydrogen-bond acceptors (Lipinski definition) is 4. The Morgan fingerprint density at radius 2 is 2.11 bits per heavy atom. The average Bonchev–Trinajstić information content (AvgIpc) is 2.77. The van der Waals surface area contributed by atoms with Gasteiger partial charge in [-0.05, 0) is 24.6 Å². The van der Waals surface area contributed by atoms with Gasteiger partial charge in [-0.3, -0.25) is 0 Å². The number of carbonyl (C=O) groups excluding carboxylic acids is 1. The van der Waals surface area contributed by atoms with Crippen molar-refractivity contribution in [2.45, 2.75) is 6.92 Å². The molecule has 18 heavy (non-hydrogen) atoms. The fourth-order valence-corrected chi connectivity index (χ4v) is 3.16. The first-order valence-electron chi connectivity index (χ1n) is 5.58. The summed E-state index contributed by atoms with van der Waals surface area (Å²) in [6.45, 7) is 1.99. The second-order valence-corrected chi connectivity index (χ2v) is 5.14. The van der Waals surface area contributed by atoms with Gasteiger partial charge in [0, 0.05) is 10.1 Å². The lowest BCUT2D eigenvalue weighted by Gasteiger charge is -2.01. The second kappa shape index (κ2) is 4.07. The molecule has 4 heteroatoms. The molecule has 0 unspecified atom stereocenters. The first-order chi connectivity index (χ1) is 8.70.